The monoisotopic (exact) mass is 350 g/mol. The van der Waals surface area contributed by atoms with E-state index in [0.717, 1.165) is 38.4 Å². The number of piperazine rings is 1. The molecule has 0 aromatic carbocycles. The van der Waals surface area contributed by atoms with Crippen molar-refractivity contribution in [3.63, 3.8) is 0 Å². The summed E-state index contributed by atoms with van der Waals surface area (Å²) in [6, 6.07) is 3.95. The van der Waals surface area contributed by atoms with E-state index < -0.39 is 0 Å². The third kappa shape index (κ3) is 2.97. The number of pyridine rings is 1. The van der Waals surface area contributed by atoms with Crippen molar-refractivity contribution in [1.82, 2.24) is 26.1 Å². The van der Waals surface area contributed by atoms with Gasteiger partial charge in [-0.05, 0) is 25.1 Å². The molecule has 0 spiro atoms. The van der Waals surface area contributed by atoms with Crippen LogP contribution in [0.3, 0.4) is 0 Å². The lowest BCUT2D eigenvalue weighted by Crippen LogP contribution is -2.56. The first-order valence-corrected chi connectivity index (χ1v) is 8.98. The number of fused-ring (bicyclic) bond motifs is 1. The van der Waals surface area contributed by atoms with Crippen molar-refractivity contribution in [2.45, 2.75) is 18.5 Å². The number of nitrogens with one attached hydrogen (secondary N) is 3. The summed E-state index contributed by atoms with van der Waals surface area (Å²) in [7, 11) is 0. The van der Waals surface area contributed by atoms with E-state index in [2.05, 4.69) is 26.1 Å². The Morgan fingerprint density at radius 1 is 1.25 bits per heavy atom. The van der Waals surface area contributed by atoms with Gasteiger partial charge in [-0.15, -0.1) is 0 Å². The number of rotatable bonds is 2. The maximum Gasteiger partial charge on any atom is 0.241 e. The van der Waals surface area contributed by atoms with Gasteiger partial charge in [-0.1, -0.05) is 11.6 Å². The quantitative estimate of drug-likeness (QED) is 0.688. The number of piperidine rings is 1. The van der Waals surface area contributed by atoms with Crippen molar-refractivity contribution in [1.29, 1.82) is 0 Å². The van der Waals surface area contributed by atoms with Crippen LogP contribution in [0.5, 0.6) is 0 Å². The summed E-state index contributed by atoms with van der Waals surface area (Å²) in [6.45, 7) is 4.83. The molecule has 130 valence electrons. The smallest absolute Gasteiger partial charge is 0.241 e. The van der Waals surface area contributed by atoms with Crippen molar-refractivity contribution in [3.8, 4) is 0 Å². The molecule has 1 amide bonds. The van der Waals surface area contributed by atoms with Gasteiger partial charge in [0, 0.05) is 50.9 Å². The molecule has 3 aliphatic rings. The Hall–Kier alpha value is -1.41. The molecular formula is C16H23ClN6O. The van der Waals surface area contributed by atoms with E-state index >= 15 is 0 Å². The van der Waals surface area contributed by atoms with Crippen molar-refractivity contribution in [2.75, 3.05) is 44.2 Å². The molecule has 0 aliphatic carbocycles. The van der Waals surface area contributed by atoms with Gasteiger partial charge in [0.25, 0.3) is 0 Å². The lowest BCUT2D eigenvalue weighted by atomic mass is 9.89. The Balaban J connectivity index is 1.37. The number of carbonyl (C=O) groups excluding carboxylic acids is 1. The predicted molar refractivity (Wildman–Crippen MR) is 92.9 cm³/mol. The minimum Gasteiger partial charge on any atom is -0.352 e. The normalized spacial score (nSPS) is 30.3. The van der Waals surface area contributed by atoms with Gasteiger partial charge in [0.2, 0.25) is 5.91 Å². The second-order valence-electron chi connectivity index (χ2n) is 6.65. The van der Waals surface area contributed by atoms with Crippen LogP contribution in [0.25, 0.3) is 0 Å². The lowest BCUT2D eigenvalue weighted by Gasteiger charge is -2.38. The molecule has 3 fully saturated rings. The third-order valence-electron chi connectivity index (χ3n) is 5.28. The van der Waals surface area contributed by atoms with E-state index in [-0.39, 0.29) is 11.9 Å². The first-order valence-electron chi connectivity index (χ1n) is 8.60. The minimum atomic E-state index is -0.132. The number of amides is 1. The van der Waals surface area contributed by atoms with E-state index in [9.17, 15) is 4.79 Å². The largest absolute Gasteiger partial charge is 0.352 e. The highest BCUT2D eigenvalue weighted by molar-refractivity contribution is 6.32. The fourth-order valence-electron chi connectivity index (χ4n) is 3.91. The SMILES string of the molecule is O=C(C1NNC2CCNCC21)N1CCN(c2ncccc2Cl)CC1. The summed E-state index contributed by atoms with van der Waals surface area (Å²) in [5.74, 6) is 1.34. The molecule has 3 unspecified atom stereocenters. The molecule has 1 aromatic rings. The zero-order chi connectivity index (χ0) is 16.5. The topological polar surface area (TPSA) is 72.5 Å². The van der Waals surface area contributed by atoms with Gasteiger partial charge in [-0.2, -0.15) is 0 Å². The maximum atomic E-state index is 12.9. The molecule has 3 saturated heterocycles. The average Bonchev–Trinajstić information content (AvgIpc) is 3.06. The van der Waals surface area contributed by atoms with Gasteiger partial charge < -0.3 is 15.1 Å². The van der Waals surface area contributed by atoms with Crippen molar-refractivity contribution >= 4 is 23.3 Å². The zero-order valence-electron chi connectivity index (χ0n) is 13.5. The summed E-state index contributed by atoms with van der Waals surface area (Å²) in [5.41, 5.74) is 6.51. The molecule has 0 saturated carbocycles. The number of anilines is 1. The van der Waals surface area contributed by atoms with Crippen molar-refractivity contribution in [3.05, 3.63) is 23.4 Å². The highest BCUT2D eigenvalue weighted by Crippen LogP contribution is 2.25. The average molecular weight is 351 g/mol. The van der Waals surface area contributed by atoms with Crippen LogP contribution in [0, 0.1) is 5.92 Å². The first-order chi connectivity index (χ1) is 11.7. The molecule has 7 nitrogen and oxygen atoms in total. The summed E-state index contributed by atoms with van der Waals surface area (Å²) in [6.07, 6.45) is 2.82. The summed E-state index contributed by atoms with van der Waals surface area (Å²) in [5, 5.41) is 4.06. The van der Waals surface area contributed by atoms with Gasteiger partial charge in [-0.3, -0.25) is 10.2 Å². The molecule has 1 aromatic heterocycles. The first kappa shape index (κ1) is 16.1. The number of aromatic nitrogens is 1. The standard InChI is InChI=1S/C16H23ClN6O/c17-12-2-1-4-19-15(12)22-6-8-23(9-7-22)16(24)14-11-10-18-5-3-13(11)20-21-14/h1-2,4,11,13-14,18,20-21H,3,5-10H2. The Labute approximate surface area is 146 Å². The molecule has 4 rings (SSSR count). The molecular weight excluding hydrogens is 328 g/mol. The molecule has 0 bridgehead atoms. The van der Waals surface area contributed by atoms with Crippen molar-refractivity contribution < 1.29 is 4.79 Å². The van der Waals surface area contributed by atoms with Crippen LogP contribution < -0.4 is 21.1 Å². The Morgan fingerprint density at radius 3 is 2.88 bits per heavy atom. The molecule has 3 aliphatic heterocycles. The van der Waals surface area contributed by atoms with Gasteiger partial charge >= 0.3 is 0 Å². The van der Waals surface area contributed by atoms with Crippen LogP contribution in [0.1, 0.15) is 6.42 Å². The van der Waals surface area contributed by atoms with E-state index in [1.165, 1.54) is 0 Å². The third-order valence-corrected chi connectivity index (χ3v) is 5.57. The Kier molecular flexibility index (Phi) is 4.58. The van der Waals surface area contributed by atoms with Crippen LogP contribution in [0.15, 0.2) is 18.3 Å². The number of hydrogen-bond donors (Lipinski definition) is 3. The number of hydrogen-bond acceptors (Lipinski definition) is 6. The fourth-order valence-corrected chi connectivity index (χ4v) is 4.15. The highest BCUT2D eigenvalue weighted by atomic mass is 35.5. The maximum absolute atomic E-state index is 12.9. The van der Waals surface area contributed by atoms with Crippen LogP contribution in [0.2, 0.25) is 5.02 Å². The van der Waals surface area contributed by atoms with Gasteiger partial charge in [0.1, 0.15) is 11.9 Å². The van der Waals surface area contributed by atoms with E-state index in [4.69, 9.17) is 11.6 Å². The summed E-state index contributed by atoms with van der Waals surface area (Å²) < 4.78 is 0. The zero-order valence-corrected chi connectivity index (χ0v) is 14.3. The Morgan fingerprint density at radius 2 is 2.08 bits per heavy atom. The van der Waals surface area contributed by atoms with E-state index in [1.54, 1.807) is 6.20 Å². The van der Waals surface area contributed by atoms with E-state index in [0.29, 0.717) is 30.1 Å². The number of carbonyl (C=O) groups is 1. The van der Waals surface area contributed by atoms with Gasteiger partial charge in [0.15, 0.2) is 0 Å². The van der Waals surface area contributed by atoms with Crippen LogP contribution in [-0.4, -0.2) is 67.1 Å². The molecule has 3 N–H and O–H groups in total. The Bertz CT molecular complexity index is 606. The second-order valence-corrected chi connectivity index (χ2v) is 7.06. The van der Waals surface area contributed by atoms with Gasteiger partial charge in [-0.25, -0.2) is 10.4 Å². The molecule has 24 heavy (non-hydrogen) atoms. The number of hydrazine groups is 1. The number of halogens is 1. The minimum absolute atomic E-state index is 0.132. The lowest BCUT2D eigenvalue weighted by molar-refractivity contribution is -0.134. The molecule has 8 heteroatoms. The van der Waals surface area contributed by atoms with Crippen LogP contribution in [0.4, 0.5) is 5.82 Å². The van der Waals surface area contributed by atoms with Crippen LogP contribution in [-0.2, 0) is 4.79 Å². The number of nitrogens with zero attached hydrogens (tertiary/aromatic N) is 3. The molecule has 0 radical (unpaired) electrons. The van der Waals surface area contributed by atoms with Crippen molar-refractivity contribution in [2.24, 2.45) is 5.92 Å². The molecule has 3 atom stereocenters. The van der Waals surface area contributed by atoms with Gasteiger partial charge in [0.05, 0.1) is 5.02 Å². The van der Waals surface area contributed by atoms with E-state index in [1.807, 2.05) is 17.0 Å². The summed E-state index contributed by atoms with van der Waals surface area (Å²) >= 11 is 6.23. The fraction of sp³-hybridized carbons (Fsp3) is 0.625. The predicted octanol–water partition coefficient (Wildman–Crippen LogP) is -0.162. The summed E-state index contributed by atoms with van der Waals surface area (Å²) in [4.78, 5) is 21.4. The molecule has 4 heterocycles. The second kappa shape index (κ2) is 6.84. The van der Waals surface area contributed by atoms with Crippen LogP contribution >= 0.6 is 11.6 Å². The highest BCUT2D eigenvalue weighted by Gasteiger charge is 2.43.